The molecule has 8 heteroatoms. The molecule has 2 aliphatic rings. The number of carboxylic acids is 2. The Kier molecular flexibility index (Phi) is 6.65. The molecular formula is C27H30N2O6. The van der Waals surface area contributed by atoms with Gasteiger partial charge in [0.15, 0.2) is 0 Å². The molecule has 2 amide bonds. The van der Waals surface area contributed by atoms with E-state index in [9.17, 15) is 19.2 Å². The zero-order chi connectivity index (χ0) is 25.3. The summed E-state index contributed by atoms with van der Waals surface area (Å²) >= 11 is 0. The van der Waals surface area contributed by atoms with Gasteiger partial charge in [-0.05, 0) is 60.1 Å². The van der Waals surface area contributed by atoms with Crippen molar-refractivity contribution in [1.82, 2.24) is 9.80 Å². The van der Waals surface area contributed by atoms with Crippen molar-refractivity contribution < 1.29 is 29.4 Å². The Hall–Kier alpha value is -3.68. The first kappa shape index (κ1) is 24.4. The monoisotopic (exact) mass is 478 g/mol. The van der Waals surface area contributed by atoms with Crippen molar-refractivity contribution in [3.63, 3.8) is 0 Å². The molecule has 2 unspecified atom stereocenters. The Labute approximate surface area is 204 Å². The van der Waals surface area contributed by atoms with Crippen LogP contribution in [-0.2, 0) is 9.59 Å². The van der Waals surface area contributed by atoms with E-state index in [1.807, 2.05) is 23.6 Å². The zero-order valence-corrected chi connectivity index (χ0v) is 19.9. The Morgan fingerprint density at radius 3 is 1.40 bits per heavy atom. The Morgan fingerprint density at radius 2 is 1.09 bits per heavy atom. The van der Waals surface area contributed by atoms with Crippen molar-refractivity contribution in [2.24, 2.45) is 0 Å². The molecule has 184 valence electrons. The Morgan fingerprint density at radius 1 is 0.743 bits per heavy atom. The number of nitrogens with zero attached hydrogens (tertiary/aromatic N) is 2. The summed E-state index contributed by atoms with van der Waals surface area (Å²) in [6.07, 6.45) is 1.95. The van der Waals surface area contributed by atoms with Crippen molar-refractivity contribution in [1.29, 1.82) is 0 Å². The first-order valence-electron chi connectivity index (χ1n) is 11.9. The van der Waals surface area contributed by atoms with Gasteiger partial charge >= 0.3 is 11.9 Å². The minimum absolute atomic E-state index is 0.0252. The van der Waals surface area contributed by atoms with Crippen molar-refractivity contribution in [2.75, 3.05) is 13.1 Å². The summed E-state index contributed by atoms with van der Waals surface area (Å²) in [6, 6.07) is 13.4. The number of carbonyl (C=O) groups excluding carboxylic acids is 2. The fourth-order valence-electron chi connectivity index (χ4n) is 5.37. The van der Waals surface area contributed by atoms with Crippen LogP contribution in [0.3, 0.4) is 0 Å². The average Bonchev–Trinajstić information content (AvgIpc) is 3.33. The van der Waals surface area contributed by atoms with E-state index >= 15 is 0 Å². The highest BCUT2D eigenvalue weighted by atomic mass is 16.4. The van der Waals surface area contributed by atoms with Gasteiger partial charge in [0.05, 0.1) is 11.1 Å². The van der Waals surface area contributed by atoms with Crippen molar-refractivity contribution in [2.45, 2.75) is 57.0 Å². The maximum atomic E-state index is 13.0. The van der Waals surface area contributed by atoms with Gasteiger partial charge in [-0.15, -0.1) is 0 Å². The van der Waals surface area contributed by atoms with E-state index in [4.69, 9.17) is 10.2 Å². The number of rotatable bonds is 8. The Bertz CT molecular complexity index is 1050. The van der Waals surface area contributed by atoms with E-state index in [0.717, 1.165) is 11.1 Å². The molecule has 1 spiro atoms. The van der Waals surface area contributed by atoms with Gasteiger partial charge in [0, 0.05) is 25.9 Å². The van der Waals surface area contributed by atoms with Gasteiger partial charge in [-0.1, -0.05) is 38.1 Å². The quantitative estimate of drug-likeness (QED) is 0.594. The zero-order valence-electron chi connectivity index (χ0n) is 19.9. The predicted molar refractivity (Wildman–Crippen MR) is 128 cm³/mol. The summed E-state index contributed by atoms with van der Waals surface area (Å²) in [5.41, 5.74) is 1.65. The second-order valence-corrected chi connectivity index (χ2v) is 9.65. The van der Waals surface area contributed by atoms with Crippen LogP contribution in [0.15, 0.2) is 48.5 Å². The summed E-state index contributed by atoms with van der Waals surface area (Å²) in [5, 5.41) is 18.3. The number of amides is 2. The fraction of sp³-hybridized carbons (Fsp3) is 0.407. The summed E-state index contributed by atoms with van der Waals surface area (Å²) < 4.78 is 0. The minimum atomic E-state index is -0.982. The highest BCUT2D eigenvalue weighted by Gasteiger charge is 2.55. The number of hydrogen-bond donors (Lipinski definition) is 2. The third-order valence-corrected chi connectivity index (χ3v) is 7.45. The lowest BCUT2D eigenvalue weighted by atomic mass is 9.95. The SMILES string of the molecule is CC(CN1C(=O)CCC12CCC(=O)N2CC(C)c1ccc(C(=O)O)cc1)c1ccc(C(=O)O)cc1. The smallest absolute Gasteiger partial charge is 0.335 e. The minimum Gasteiger partial charge on any atom is -0.478 e. The summed E-state index contributed by atoms with van der Waals surface area (Å²) in [4.78, 5) is 52.1. The fourth-order valence-corrected chi connectivity index (χ4v) is 5.37. The average molecular weight is 479 g/mol. The number of carboxylic acid groups (broad SMARTS) is 2. The second kappa shape index (κ2) is 9.52. The van der Waals surface area contributed by atoms with Crippen molar-refractivity contribution >= 4 is 23.8 Å². The molecule has 2 aliphatic heterocycles. The van der Waals surface area contributed by atoms with Crippen LogP contribution in [-0.4, -0.2) is 62.5 Å². The van der Waals surface area contributed by atoms with E-state index < -0.39 is 17.6 Å². The molecule has 2 N–H and O–H groups in total. The van der Waals surface area contributed by atoms with Crippen LogP contribution >= 0.6 is 0 Å². The van der Waals surface area contributed by atoms with Gasteiger partial charge in [0.25, 0.3) is 0 Å². The molecule has 2 atom stereocenters. The van der Waals surface area contributed by atoms with Gasteiger partial charge in [-0.25, -0.2) is 9.59 Å². The van der Waals surface area contributed by atoms with Crippen LogP contribution in [0.5, 0.6) is 0 Å². The lowest BCUT2D eigenvalue weighted by Gasteiger charge is -2.44. The van der Waals surface area contributed by atoms with E-state index in [1.54, 1.807) is 48.5 Å². The van der Waals surface area contributed by atoms with E-state index in [1.165, 1.54) is 0 Å². The van der Waals surface area contributed by atoms with Gasteiger partial charge in [0.1, 0.15) is 5.66 Å². The number of benzene rings is 2. The number of aromatic carboxylic acids is 2. The molecule has 0 saturated carbocycles. The van der Waals surface area contributed by atoms with Crippen LogP contribution < -0.4 is 0 Å². The van der Waals surface area contributed by atoms with Gasteiger partial charge < -0.3 is 20.0 Å². The van der Waals surface area contributed by atoms with Crippen LogP contribution in [0.4, 0.5) is 0 Å². The number of hydrogen-bond acceptors (Lipinski definition) is 4. The third-order valence-electron chi connectivity index (χ3n) is 7.45. The standard InChI is InChI=1S/C27H30N2O6/c1-17(19-3-7-21(8-4-19)25(32)33)15-28-23(30)11-13-27(28)14-12-24(31)29(27)16-18(2)20-5-9-22(10-6-20)26(34)35/h3-10,17-18H,11-16H2,1-2H3,(H,32,33)(H,34,35). The normalized spacial score (nSPS) is 21.5. The van der Waals surface area contributed by atoms with E-state index in [-0.39, 0.29) is 34.8 Å². The van der Waals surface area contributed by atoms with Crippen LogP contribution in [0.2, 0.25) is 0 Å². The maximum Gasteiger partial charge on any atom is 0.335 e. The van der Waals surface area contributed by atoms with Crippen LogP contribution in [0.25, 0.3) is 0 Å². The summed E-state index contributed by atoms with van der Waals surface area (Å²) in [6.45, 7) is 4.89. The van der Waals surface area contributed by atoms with Crippen LogP contribution in [0.1, 0.15) is 83.2 Å². The summed E-state index contributed by atoms with van der Waals surface area (Å²) in [7, 11) is 0. The molecule has 0 bridgehead atoms. The maximum absolute atomic E-state index is 13.0. The molecule has 35 heavy (non-hydrogen) atoms. The number of likely N-dealkylation sites (tertiary alicyclic amines) is 2. The van der Waals surface area contributed by atoms with Gasteiger partial charge in [-0.3, -0.25) is 9.59 Å². The first-order chi connectivity index (χ1) is 16.6. The molecule has 4 rings (SSSR count). The largest absolute Gasteiger partial charge is 0.478 e. The molecule has 2 heterocycles. The topological polar surface area (TPSA) is 115 Å². The predicted octanol–water partition coefficient (Wildman–Crippen LogP) is 3.93. The molecule has 2 aromatic rings. The van der Waals surface area contributed by atoms with E-state index in [2.05, 4.69) is 0 Å². The number of carbonyl (C=O) groups is 4. The lowest BCUT2D eigenvalue weighted by Crippen LogP contribution is -2.57. The lowest BCUT2D eigenvalue weighted by molar-refractivity contribution is -0.143. The third kappa shape index (κ3) is 4.65. The molecule has 0 aliphatic carbocycles. The van der Waals surface area contributed by atoms with Gasteiger partial charge in [-0.2, -0.15) is 0 Å². The molecule has 2 saturated heterocycles. The van der Waals surface area contributed by atoms with Crippen molar-refractivity contribution in [3.8, 4) is 0 Å². The highest BCUT2D eigenvalue weighted by molar-refractivity contribution is 5.88. The highest BCUT2D eigenvalue weighted by Crippen LogP contribution is 2.44. The molecule has 2 aromatic carbocycles. The molecular weight excluding hydrogens is 448 g/mol. The molecule has 0 radical (unpaired) electrons. The molecule has 2 fully saturated rings. The van der Waals surface area contributed by atoms with Crippen molar-refractivity contribution in [3.05, 3.63) is 70.8 Å². The second-order valence-electron chi connectivity index (χ2n) is 9.65. The first-order valence-corrected chi connectivity index (χ1v) is 11.9. The van der Waals surface area contributed by atoms with Crippen LogP contribution in [0, 0.1) is 0 Å². The summed E-state index contributed by atoms with van der Waals surface area (Å²) in [5.74, 6) is -1.98. The Balaban J connectivity index is 1.54. The van der Waals surface area contributed by atoms with Gasteiger partial charge in [0.2, 0.25) is 11.8 Å². The molecule has 8 nitrogen and oxygen atoms in total. The van der Waals surface area contributed by atoms with E-state index in [0.29, 0.717) is 38.8 Å². The molecule has 0 aromatic heterocycles.